The molecule has 1 aliphatic carbocycles. The molecule has 1 N–H and O–H groups in total. The molecule has 0 spiro atoms. The molecule has 6 heteroatoms. The Kier molecular flexibility index (Phi) is 4.63. The summed E-state index contributed by atoms with van der Waals surface area (Å²) in [5.74, 6) is 1.52. The number of rotatable bonds is 3. The Morgan fingerprint density at radius 1 is 1.57 bits per heavy atom. The Morgan fingerprint density at radius 2 is 2.33 bits per heavy atom. The van der Waals surface area contributed by atoms with Crippen molar-refractivity contribution in [3.8, 4) is 0 Å². The zero-order valence-electron chi connectivity index (χ0n) is 13.0. The Bertz CT molecular complexity index is 518. The second kappa shape index (κ2) is 5.97. The molecule has 118 valence electrons. The summed E-state index contributed by atoms with van der Waals surface area (Å²) in [6, 6.07) is 0.0676. The summed E-state index contributed by atoms with van der Waals surface area (Å²) >= 11 is 0. The van der Waals surface area contributed by atoms with Gasteiger partial charge >= 0.3 is 0 Å². The maximum Gasteiger partial charge on any atom is 0.226 e. The van der Waals surface area contributed by atoms with Gasteiger partial charge in [-0.1, -0.05) is 13.8 Å². The van der Waals surface area contributed by atoms with Gasteiger partial charge in [0.1, 0.15) is 11.9 Å². The second-order valence-electron chi connectivity index (χ2n) is 6.41. The van der Waals surface area contributed by atoms with Gasteiger partial charge in [-0.2, -0.15) is 0 Å². The van der Waals surface area contributed by atoms with Crippen LogP contribution in [0.15, 0.2) is 12.4 Å². The summed E-state index contributed by atoms with van der Waals surface area (Å²) in [5, 5.41) is 3.38. The first kappa shape index (κ1) is 16.3. The molecule has 0 bridgehead atoms. The van der Waals surface area contributed by atoms with Crippen molar-refractivity contribution in [3.63, 3.8) is 0 Å². The van der Waals surface area contributed by atoms with Crippen LogP contribution in [0.4, 0.5) is 0 Å². The fourth-order valence-corrected chi connectivity index (χ4v) is 3.28. The summed E-state index contributed by atoms with van der Waals surface area (Å²) in [4.78, 5) is 19.3. The van der Waals surface area contributed by atoms with Gasteiger partial charge in [-0.3, -0.25) is 4.79 Å². The standard InChI is InChI=1S/C15H24N4O.ClH/c1-4-15(2)9-11(15)14(20)19-8-5-16-10-12(19)13-17-6-7-18(13)3;/h6-7,11-12,16H,4-5,8-10H2,1-3H3;1H. The number of nitrogens with zero attached hydrogens (tertiary/aromatic N) is 3. The van der Waals surface area contributed by atoms with Gasteiger partial charge in [0.25, 0.3) is 0 Å². The molecule has 5 nitrogen and oxygen atoms in total. The molecule has 0 radical (unpaired) electrons. The SMILES string of the molecule is CCC1(C)CC1C(=O)N1CCNCC1c1nccn1C.Cl. The number of piperazine rings is 1. The molecular weight excluding hydrogens is 288 g/mol. The molecule has 2 fully saturated rings. The minimum Gasteiger partial charge on any atom is -0.336 e. The molecule has 2 heterocycles. The number of halogens is 1. The fraction of sp³-hybridized carbons (Fsp3) is 0.733. The van der Waals surface area contributed by atoms with Crippen LogP contribution >= 0.6 is 12.4 Å². The quantitative estimate of drug-likeness (QED) is 0.925. The zero-order valence-corrected chi connectivity index (χ0v) is 13.8. The number of hydrogen-bond acceptors (Lipinski definition) is 3. The largest absolute Gasteiger partial charge is 0.336 e. The lowest BCUT2D eigenvalue weighted by molar-refractivity contribution is -0.137. The van der Waals surface area contributed by atoms with Crippen molar-refractivity contribution in [2.24, 2.45) is 18.4 Å². The Morgan fingerprint density at radius 3 is 2.90 bits per heavy atom. The zero-order chi connectivity index (χ0) is 14.3. The number of nitrogens with one attached hydrogen (secondary N) is 1. The van der Waals surface area contributed by atoms with E-state index in [1.165, 1.54) is 0 Å². The van der Waals surface area contributed by atoms with Gasteiger partial charge in [-0.05, 0) is 18.3 Å². The topological polar surface area (TPSA) is 50.2 Å². The van der Waals surface area contributed by atoms with E-state index in [4.69, 9.17) is 0 Å². The lowest BCUT2D eigenvalue weighted by atomic mass is 10.0. The van der Waals surface area contributed by atoms with Gasteiger partial charge in [0.2, 0.25) is 5.91 Å². The summed E-state index contributed by atoms with van der Waals surface area (Å²) in [5.41, 5.74) is 0.230. The molecule has 1 saturated heterocycles. The minimum atomic E-state index is 0. The maximum atomic E-state index is 12.8. The molecule has 1 aromatic heterocycles. The van der Waals surface area contributed by atoms with E-state index in [0.29, 0.717) is 5.91 Å². The van der Waals surface area contributed by atoms with Crippen LogP contribution in [-0.4, -0.2) is 40.0 Å². The van der Waals surface area contributed by atoms with Crippen LogP contribution in [0.1, 0.15) is 38.6 Å². The smallest absolute Gasteiger partial charge is 0.226 e. The van der Waals surface area contributed by atoms with E-state index in [2.05, 4.69) is 24.1 Å². The van der Waals surface area contributed by atoms with Gasteiger partial charge < -0.3 is 14.8 Å². The van der Waals surface area contributed by atoms with E-state index in [9.17, 15) is 4.79 Å². The molecule has 1 aromatic rings. The molecule has 21 heavy (non-hydrogen) atoms. The lowest BCUT2D eigenvalue weighted by Gasteiger charge is -2.36. The predicted octanol–water partition coefficient (Wildman–Crippen LogP) is 1.75. The Hall–Kier alpha value is -1.07. The van der Waals surface area contributed by atoms with Gasteiger partial charge in [-0.15, -0.1) is 12.4 Å². The number of carbonyl (C=O) groups excluding carboxylic acids is 1. The van der Waals surface area contributed by atoms with Crippen LogP contribution in [0.2, 0.25) is 0 Å². The van der Waals surface area contributed by atoms with Crippen molar-refractivity contribution in [3.05, 3.63) is 18.2 Å². The van der Waals surface area contributed by atoms with Crippen molar-refractivity contribution in [2.75, 3.05) is 19.6 Å². The van der Waals surface area contributed by atoms with Gasteiger partial charge in [0, 0.05) is 45.0 Å². The first-order valence-electron chi connectivity index (χ1n) is 7.55. The average Bonchev–Trinajstić information content (AvgIpc) is 2.97. The highest BCUT2D eigenvalue weighted by Crippen LogP contribution is 2.55. The molecule has 1 amide bonds. The number of aryl methyl sites for hydroxylation is 1. The van der Waals surface area contributed by atoms with E-state index in [1.807, 2.05) is 22.7 Å². The first-order valence-corrected chi connectivity index (χ1v) is 7.55. The summed E-state index contributed by atoms with van der Waals surface area (Å²) in [7, 11) is 1.99. The monoisotopic (exact) mass is 312 g/mol. The number of imidazole rings is 1. The first-order chi connectivity index (χ1) is 9.57. The van der Waals surface area contributed by atoms with Gasteiger partial charge in [0.15, 0.2) is 0 Å². The molecule has 1 saturated carbocycles. The van der Waals surface area contributed by atoms with Crippen molar-refractivity contribution >= 4 is 18.3 Å². The summed E-state index contributed by atoms with van der Waals surface area (Å²) in [6.45, 7) is 6.87. The van der Waals surface area contributed by atoms with Gasteiger partial charge in [-0.25, -0.2) is 4.98 Å². The van der Waals surface area contributed by atoms with Crippen LogP contribution in [0.25, 0.3) is 0 Å². The van der Waals surface area contributed by atoms with Crippen LogP contribution < -0.4 is 5.32 Å². The lowest BCUT2D eigenvalue weighted by Crippen LogP contribution is -2.50. The van der Waals surface area contributed by atoms with Crippen molar-refractivity contribution in [2.45, 2.75) is 32.7 Å². The normalized spacial score (nSPS) is 31.7. The van der Waals surface area contributed by atoms with Crippen LogP contribution in [0.5, 0.6) is 0 Å². The van der Waals surface area contributed by atoms with Crippen LogP contribution in [0.3, 0.4) is 0 Å². The summed E-state index contributed by atoms with van der Waals surface area (Å²) < 4.78 is 2.02. The molecule has 3 unspecified atom stereocenters. The number of amides is 1. The van der Waals surface area contributed by atoms with Crippen LogP contribution in [-0.2, 0) is 11.8 Å². The molecule has 1 aliphatic heterocycles. The van der Waals surface area contributed by atoms with Crippen molar-refractivity contribution < 1.29 is 4.79 Å². The highest BCUT2D eigenvalue weighted by molar-refractivity contribution is 5.85. The molecule has 3 rings (SSSR count). The van der Waals surface area contributed by atoms with Gasteiger partial charge in [0.05, 0.1) is 0 Å². The molecule has 2 aliphatic rings. The van der Waals surface area contributed by atoms with E-state index >= 15 is 0 Å². The number of hydrogen-bond donors (Lipinski definition) is 1. The van der Waals surface area contributed by atoms with Crippen molar-refractivity contribution in [1.82, 2.24) is 19.8 Å². The number of aromatic nitrogens is 2. The Labute approximate surface area is 132 Å². The van der Waals surface area contributed by atoms with Crippen LogP contribution in [0, 0.1) is 11.3 Å². The second-order valence-corrected chi connectivity index (χ2v) is 6.41. The predicted molar refractivity (Wildman–Crippen MR) is 84.3 cm³/mol. The molecular formula is C15H25ClN4O. The third-order valence-electron chi connectivity index (χ3n) is 5.14. The summed E-state index contributed by atoms with van der Waals surface area (Å²) in [6.07, 6.45) is 5.88. The molecule has 0 aromatic carbocycles. The Balaban J connectivity index is 0.00000161. The van der Waals surface area contributed by atoms with E-state index in [-0.39, 0.29) is 29.8 Å². The van der Waals surface area contributed by atoms with E-state index < -0.39 is 0 Å². The average molecular weight is 313 g/mol. The maximum absolute atomic E-state index is 12.8. The third-order valence-corrected chi connectivity index (χ3v) is 5.14. The minimum absolute atomic E-state index is 0. The highest BCUT2D eigenvalue weighted by Gasteiger charge is 2.55. The van der Waals surface area contributed by atoms with E-state index in [0.717, 1.165) is 38.3 Å². The van der Waals surface area contributed by atoms with Crippen molar-refractivity contribution in [1.29, 1.82) is 0 Å². The number of carbonyl (C=O) groups is 1. The van der Waals surface area contributed by atoms with E-state index in [1.54, 1.807) is 6.20 Å². The highest BCUT2D eigenvalue weighted by atomic mass is 35.5. The third kappa shape index (κ3) is 2.81. The fourth-order valence-electron chi connectivity index (χ4n) is 3.28. The molecule has 3 atom stereocenters.